The van der Waals surface area contributed by atoms with E-state index in [1.165, 1.54) is 21.5 Å². The van der Waals surface area contributed by atoms with Gasteiger partial charge in [-0.25, -0.2) is 0 Å². The van der Waals surface area contributed by atoms with Gasteiger partial charge in [-0.05, 0) is 24.2 Å². The van der Waals surface area contributed by atoms with Crippen LogP contribution in [0.25, 0.3) is 0 Å². The molecule has 0 radical (unpaired) electrons. The van der Waals surface area contributed by atoms with Crippen LogP contribution in [0.1, 0.15) is 11.1 Å². The predicted molar refractivity (Wildman–Crippen MR) is 75.8 cm³/mol. The van der Waals surface area contributed by atoms with E-state index in [2.05, 4.69) is 62.4 Å². The molecule has 2 aromatic carbocycles. The van der Waals surface area contributed by atoms with Gasteiger partial charge in [0.1, 0.15) is 0 Å². The van der Waals surface area contributed by atoms with Crippen molar-refractivity contribution in [1.29, 1.82) is 0 Å². The molecule has 88 valence electrons. The molecular weight excluding hydrogens is 224 g/mol. The molecule has 2 rings (SSSR count). The molecule has 1 nitrogen and oxygen atoms in total. The van der Waals surface area contributed by atoms with E-state index in [9.17, 15) is 0 Å². The number of rotatable bonds is 3. The van der Waals surface area contributed by atoms with Crippen molar-refractivity contribution in [3.05, 3.63) is 59.7 Å². The van der Waals surface area contributed by atoms with Gasteiger partial charge < -0.3 is 4.43 Å². The van der Waals surface area contributed by atoms with Gasteiger partial charge in [-0.1, -0.05) is 59.7 Å². The molecule has 0 atom stereocenters. The summed E-state index contributed by atoms with van der Waals surface area (Å²) in [5.41, 5.74) is 2.59. The van der Waals surface area contributed by atoms with Gasteiger partial charge in [0, 0.05) is 7.11 Å². The van der Waals surface area contributed by atoms with Crippen molar-refractivity contribution in [2.24, 2.45) is 0 Å². The third-order valence-corrected chi connectivity index (χ3v) is 5.45. The summed E-state index contributed by atoms with van der Waals surface area (Å²) in [7, 11) is 0.345. The molecule has 0 aliphatic rings. The van der Waals surface area contributed by atoms with Crippen molar-refractivity contribution >= 4 is 19.4 Å². The van der Waals surface area contributed by atoms with Crippen LogP contribution in [0.15, 0.2) is 48.5 Å². The van der Waals surface area contributed by atoms with Crippen LogP contribution < -0.4 is 10.4 Å². The summed E-state index contributed by atoms with van der Waals surface area (Å²) in [6.45, 7) is 4.22. The summed E-state index contributed by atoms with van der Waals surface area (Å²) in [6, 6.07) is 17.4. The zero-order valence-electron chi connectivity index (χ0n) is 10.6. The Morgan fingerprint density at radius 1 is 0.706 bits per heavy atom. The minimum Gasteiger partial charge on any atom is -0.414 e. The van der Waals surface area contributed by atoms with Crippen molar-refractivity contribution in [2.45, 2.75) is 13.8 Å². The van der Waals surface area contributed by atoms with E-state index in [0.717, 1.165) is 0 Å². The smallest absolute Gasteiger partial charge is 0.239 e. The topological polar surface area (TPSA) is 9.23 Å². The molecule has 0 amide bonds. The van der Waals surface area contributed by atoms with Gasteiger partial charge in [0.2, 0.25) is 9.04 Å². The summed E-state index contributed by atoms with van der Waals surface area (Å²) in [4.78, 5) is 0. The highest BCUT2D eigenvalue weighted by Gasteiger charge is 2.15. The Hall–Kier alpha value is -1.38. The molecule has 0 N–H and O–H groups in total. The maximum atomic E-state index is 5.74. The first-order valence-corrected chi connectivity index (χ1v) is 7.49. The summed E-state index contributed by atoms with van der Waals surface area (Å²) in [5.74, 6) is 0. The van der Waals surface area contributed by atoms with E-state index >= 15 is 0 Å². The normalized spacial score (nSPS) is 10.8. The fourth-order valence-electron chi connectivity index (χ4n) is 1.95. The van der Waals surface area contributed by atoms with Crippen LogP contribution in [-0.4, -0.2) is 16.2 Å². The number of hydrogen-bond donors (Lipinski definition) is 0. The first-order chi connectivity index (χ1) is 8.20. The van der Waals surface area contributed by atoms with Crippen molar-refractivity contribution in [3.8, 4) is 0 Å². The van der Waals surface area contributed by atoms with Gasteiger partial charge in [-0.2, -0.15) is 0 Å². The first kappa shape index (κ1) is 12.1. The zero-order valence-corrected chi connectivity index (χ0v) is 11.8. The predicted octanol–water partition coefficient (Wildman–Crippen LogP) is 1.79. The molecule has 0 spiro atoms. The molecular formula is C15H18OSi. The van der Waals surface area contributed by atoms with Crippen molar-refractivity contribution in [1.82, 2.24) is 0 Å². The van der Waals surface area contributed by atoms with Crippen LogP contribution in [0.4, 0.5) is 0 Å². The maximum absolute atomic E-state index is 5.74. The Kier molecular flexibility index (Phi) is 3.77. The third-order valence-electron chi connectivity index (χ3n) is 3.00. The van der Waals surface area contributed by atoms with Gasteiger partial charge >= 0.3 is 0 Å². The Balaban J connectivity index is 2.33. The molecule has 0 aliphatic carbocycles. The third kappa shape index (κ3) is 2.84. The van der Waals surface area contributed by atoms with Gasteiger partial charge in [0.25, 0.3) is 0 Å². The van der Waals surface area contributed by atoms with Gasteiger partial charge in [-0.3, -0.25) is 0 Å². The Morgan fingerprint density at radius 3 is 1.35 bits per heavy atom. The highest BCUT2D eigenvalue weighted by atomic mass is 28.3. The van der Waals surface area contributed by atoms with E-state index in [-0.39, 0.29) is 0 Å². The van der Waals surface area contributed by atoms with Crippen LogP contribution >= 0.6 is 0 Å². The van der Waals surface area contributed by atoms with E-state index in [0.29, 0.717) is 0 Å². The lowest BCUT2D eigenvalue weighted by Crippen LogP contribution is -2.44. The summed E-state index contributed by atoms with van der Waals surface area (Å²) in [6.07, 6.45) is 0. The van der Waals surface area contributed by atoms with Crippen molar-refractivity contribution < 1.29 is 4.43 Å². The minimum atomic E-state index is -1.47. The van der Waals surface area contributed by atoms with E-state index in [1.807, 2.05) is 7.11 Å². The molecule has 2 heteroatoms. The SMILES string of the molecule is CO[SiH](c1ccc(C)cc1)c1ccc(C)cc1. The fraction of sp³-hybridized carbons (Fsp3) is 0.200. The Bertz CT molecular complexity index is 428. The lowest BCUT2D eigenvalue weighted by Gasteiger charge is -2.14. The van der Waals surface area contributed by atoms with Crippen LogP contribution in [0.2, 0.25) is 0 Å². The summed E-state index contributed by atoms with van der Waals surface area (Å²) < 4.78 is 5.74. The molecule has 2 aromatic rings. The Labute approximate surface area is 105 Å². The van der Waals surface area contributed by atoms with Crippen LogP contribution in [0, 0.1) is 13.8 Å². The summed E-state index contributed by atoms with van der Waals surface area (Å²) >= 11 is 0. The molecule has 0 saturated heterocycles. The molecule has 0 saturated carbocycles. The van der Waals surface area contributed by atoms with Gasteiger partial charge in [0.15, 0.2) is 0 Å². The zero-order chi connectivity index (χ0) is 12.3. The fourth-order valence-corrected chi connectivity index (χ4v) is 3.96. The molecule has 0 heterocycles. The lowest BCUT2D eigenvalue weighted by molar-refractivity contribution is 0.439. The number of hydrogen-bond acceptors (Lipinski definition) is 1. The molecule has 0 aromatic heterocycles. The molecule has 0 fully saturated rings. The molecule has 17 heavy (non-hydrogen) atoms. The van der Waals surface area contributed by atoms with Crippen LogP contribution in [0.5, 0.6) is 0 Å². The average Bonchev–Trinajstić information content (AvgIpc) is 2.35. The van der Waals surface area contributed by atoms with E-state index in [1.54, 1.807) is 0 Å². The first-order valence-electron chi connectivity index (χ1n) is 5.86. The summed E-state index contributed by atoms with van der Waals surface area (Å²) in [5, 5.41) is 2.67. The number of aryl methyl sites for hydroxylation is 2. The average molecular weight is 242 g/mol. The largest absolute Gasteiger partial charge is 0.414 e. The molecule has 0 aliphatic heterocycles. The van der Waals surface area contributed by atoms with Crippen LogP contribution in [-0.2, 0) is 4.43 Å². The minimum absolute atomic E-state index is 1.29. The van der Waals surface area contributed by atoms with Crippen molar-refractivity contribution in [3.63, 3.8) is 0 Å². The maximum Gasteiger partial charge on any atom is 0.239 e. The van der Waals surface area contributed by atoms with Gasteiger partial charge in [0.05, 0.1) is 0 Å². The highest BCUT2D eigenvalue weighted by molar-refractivity contribution is 6.79. The second kappa shape index (κ2) is 5.30. The quantitative estimate of drug-likeness (QED) is 0.746. The second-order valence-corrected chi connectivity index (χ2v) is 7.00. The van der Waals surface area contributed by atoms with Crippen molar-refractivity contribution in [2.75, 3.05) is 7.11 Å². The standard InChI is InChI=1S/C15H18OSi/c1-12-4-8-14(9-5-12)17(16-3)15-10-6-13(2)7-11-15/h4-11,17H,1-3H3. The number of benzene rings is 2. The lowest BCUT2D eigenvalue weighted by atomic mass is 10.2. The van der Waals surface area contributed by atoms with E-state index < -0.39 is 9.04 Å². The highest BCUT2D eigenvalue weighted by Crippen LogP contribution is 1.99. The monoisotopic (exact) mass is 242 g/mol. The van der Waals surface area contributed by atoms with E-state index in [4.69, 9.17) is 4.43 Å². The second-order valence-electron chi connectivity index (χ2n) is 4.44. The Morgan fingerprint density at radius 2 is 1.06 bits per heavy atom. The molecule has 0 unspecified atom stereocenters. The van der Waals surface area contributed by atoms with Crippen LogP contribution in [0.3, 0.4) is 0 Å². The molecule has 0 bridgehead atoms. The van der Waals surface area contributed by atoms with Gasteiger partial charge in [-0.15, -0.1) is 0 Å².